The van der Waals surface area contributed by atoms with E-state index in [1.807, 2.05) is 30.5 Å². The lowest BCUT2D eigenvalue weighted by atomic mass is 10.1. The number of amides is 1. The summed E-state index contributed by atoms with van der Waals surface area (Å²) < 4.78 is 5.51. The van der Waals surface area contributed by atoms with Crippen LogP contribution in [0, 0.1) is 5.92 Å². The fraction of sp³-hybridized carbons (Fsp3) is 0.471. The molecule has 0 saturated heterocycles. The highest BCUT2D eigenvalue weighted by Gasteiger charge is 2.35. The maximum Gasteiger partial charge on any atom is 0.226 e. The van der Waals surface area contributed by atoms with Gasteiger partial charge in [0.05, 0.1) is 30.0 Å². The van der Waals surface area contributed by atoms with Gasteiger partial charge in [-0.25, -0.2) is 4.98 Å². The second kappa shape index (κ2) is 7.19. The first-order valence-electron chi connectivity index (χ1n) is 7.85. The van der Waals surface area contributed by atoms with Gasteiger partial charge in [-0.15, -0.1) is 11.3 Å². The zero-order chi connectivity index (χ0) is 16.2. The highest BCUT2D eigenvalue weighted by Crippen LogP contribution is 2.35. The molecule has 2 aromatic heterocycles. The molecule has 1 N–H and O–H groups in total. The van der Waals surface area contributed by atoms with Gasteiger partial charge in [-0.3, -0.25) is 9.78 Å². The van der Waals surface area contributed by atoms with Gasteiger partial charge in [0.15, 0.2) is 0 Å². The third-order valence-electron chi connectivity index (χ3n) is 4.02. The Hall–Kier alpha value is -1.79. The minimum atomic E-state index is -0.0157. The number of carbonyl (C=O) groups is 1. The Morgan fingerprint density at radius 1 is 1.48 bits per heavy atom. The largest absolute Gasteiger partial charge is 0.379 e. The Morgan fingerprint density at radius 3 is 2.96 bits per heavy atom. The van der Waals surface area contributed by atoms with Crippen LogP contribution in [0.4, 0.5) is 0 Å². The number of ether oxygens (including phenoxy) is 1. The molecule has 23 heavy (non-hydrogen) atoms. The first-order valence-corrected chi connectivity index (χ1v) is 8.73. The van der Waals surface area contributed by atoms with Crippen molar-refractivity contribution in [2.75, 3.05) is 7.11 Å². The number of nitrogens with one attached hydrogen (secondary N) is 1. The second-order valence-electron chi connectivity index (χ2n) is 5.93. The van der Waals surface area contributed by atoms with Gasteiger partial charge in [0.25, 0.3) is 0 Å². The van der Waals surface area contributed by atoms with Crippen LogP contribution in [0.1, 0.15) is 25.5 Å². The molecule has 1 amide bonds. The molecule has 2 aromatic rings. The number of nitrogens with zero attached hydrogens (tertiary/aromatic N) is 2. The summed E-state index contributed by atoms with van der Waals surface area (Å²) in [5.41, 5.74) is 1.62. The van der Waals surface area contributed by atoms with Crippen molar-refractivity contribution in [2.45, 2.75) is 38.3 Å². The third kappa shape index (κ3) is 4.14. The third-order valence-corrected chi connectivity index (χ3v) is 4.93. The van der Waals surface area contributed by atoms with Crippen molar-refractivity contribution in [3.05, 3.63) is 35.5 Å². The van der Waals surface area contributed by atoms with Gasteiger partial charge in [-0.1, -0.05) is 6.07 Å². The van der Waals surface area contributed by atoms with Crippen LogP contribution in [0.15, 0.2) is 29.8 Å². The molecule has 6 heteroatoms. The second-order valence-corrected chi connectivity index (χ2v) is 6.79. The maximum atomic E-state index is 12.2. The molecule has 1 fully saturated rings. The number of hydrogen-bond acceptors (Lipinski definition) is 5. The first-order chi connectivity index (χ1) is 11.2. The molecule has 1 aliphatic carbocycles. The van der Waals surface area contributed by atoms with Crippen LogP contribution in [0.25, 0.3) is 10.7 Å². The normalized spacial score (nSPS) is 16.8. The number of methoxy groups -OCH3 is 1. The van der Waals surface area contributed by atoms with Crippen LogP contribution in [0.3, 0.4) is 0 Å². The molecule has 0 spiro atoms. The summed E-state index contributed by atoms with van der Waals surface area (Å²) in [6, 6.07) is 5.75. The Kier molecular flexibility index (Phi) is 5.03. The Morgan fingerprint density at radius 2 is 2.30 bits per heavy atom. The number of pyridine rings is 1. The van der Waals surface area contributed by atoms with E-state index in [1.165, 1.54) is 24.2 Å². The van der Waals surface area contributed by atoms with Crippen molar-refractivity contribution in [2.24, 2.45) is 5.92 Å². The zero-order valence-electron chi connectivity index (χ0n) is 13.4. The molecule has 0 unspecified atom stereocenters. The van der Waals surface area contributed by atoms with Crippen LogP contribution >= 0.6 is 11.3 Å². The van der Waals surface area contributed by atoms with Crippen molar-refractivity contribution >= 4 is 17.2 Å². The molecular formula is C17H21N3O2S. The molecule has 0 bridgehead atoms. The Bertz CT molecular complexity index is 655. The molecule has 122 valence electrons. The van der Waals surface area contributed by atoms with Gasteiger partial charge in [0.1, 0.15) is 5.01 Å². The van der Waals surface area contributed by atoms with Crippen molar-refractivity contribution in [1.29, 1.82) is 0 Å². The van der Waals surface area contributed by atoms with Gasteiger partial charge in [-0.05, 0) is 37.8 Å². The number of rotatable bonds is 7. The smallest absolute Gasteiger partial charge is 0.226 e. The maximum absolute atomic E-state index is 12.2. The molecule has 1 saturated carbocycles. The highest BCUT2D eigenvalue weighted by molar-refractivity contribution is 7.13. The van der Waals surface area contributed by atoms with E-state index in [1.54, 1.807) is 13.3 Å². The summed E-state index contributed by atoms with van der Waals surface area (Å²) in [6.07, 6.45) is 4.53. The average Bonchev–Trinajstić information content (AvgIpc) is 3.27. The summed E-state index contributed by atoms with van der Waals surface area (Å²) in [7, 11) is 1.71. The molecule has 0 aromatic carbocycles. The highest BCUT2D eigenvalue weighted by atomic mass is 32.1. The molecular weight excluding hydrogens is 310 g/mol. The fourth-order valence-corrected chi connectivity index (χ4v) is 3.57. The zero-order valence-corrected chi connectivity index (χ0v) is 14.2. The van der Waals surface area contributed by atoms with E-state index in [-0.39, 0.29) is 24.5 Å². The summed E-state index contributed by atoms with van der Waals surface area (Å²) in [5, 5.41) is 5.80. The van der Waals surface area contributed by atoms with Crippen LogP contribution in [-0.2, 0) is 16.0 Å². The van der Waals surface area contributed by atoms with Gasteiger partial charge in [-0.2, -0.15) is 0 Å². The minimum absolute atomic E-state index is 0.0157. The summed E-state index contributed by atoms with van der Waals surface area (Å²) >= 11 is 1.51. The SMILES string of the molecule is CO[C@@H](C1CC1)[C@H](C)NC(=O)Cc1csc(-c2ccccn2)n1. The standard InChI is InChI=1S/C17H21N3O2S/c1-11(16(22-2)12-6-7-12)19-15(21)9-13-10-23-17(20-13)14-5-3-4-8-18-14/h3-5,8,10-12,16H,6-7,9H2,1-2H3,(H,19,21)/t11-,16+/m0/s1. The van der Waals surface area contributed by atoms with Crippen LogP contribution < -0.4 is 5.32 Å². The molecule has 2 heterocycles. The lowest BCUT2D eigenvalue weighted by molar-refractivity contribution is -0.122. The predicted molar refractivity (Wildman–Crippen MR) is 90.2 cm³/mol. The predicted octanol–water partition coefficient (Wildman–Crippen LogP) is 2.68. The molecule has 2 atom stereocenters. The first kappa shape index (κ1) is 16.1. The van der Waals surface area contributed by atoms with Crippen molar-refractivity contribution in [3.8, 4) is 10.7 Å². The van der Waals surface area contributed by atoms with Gasteiger partial charge < -0.3 is 10.1 Å². The minimum Gasteiger partial charge on any atom is -0.379 e. The van der Waals surface area contributed by atoms with E-state index in [0.29, 0.717) is 5.92 Å². The van der Waals surface area contributed by atoms with E-state index >= 15 is 0 Å². The summed E-state index contributed by atoms with van der Waals surface area (Å²) in [4.78, 5) is 21.0. The average molecular weight is 331 g/mol. The van der Waals surface area contributed by atoms with E-state index < -0.39 is 0 Å². The lowest BCUT2D eigenvalue weighted by Crippen LogP contribution is -2.43. The van der Waals surface area contributed by atoms with Crippen LogP contribution in [0.2, 0.25) is 0 Å². The van der Waals surface area contributed by atoms with Crippen molar-refractivity contribution in [3.63, 3.8) is 0 Å². The monoisotopic (exact) mass is 331 g/mol. The summed E-state index contributed by atoms with van der Waals surface area (Å²) in [6.45, 7) is 2.00. The number of hydrogen-bond donors (Lipinski definition) is 1. The summed E-state index contributed by atoms with van der Waals surface area (Å²) in [5.74, 6) is 0.573. The van der Waals surface area contributed by atoms with Crippen LogP contribution in [0.5, 0.6) is 0 Å². The topological polar surface area (TPSA) is 64.1 Å². The molecule has 0 aliphatic heterocycles. The number of carbonyl (C=O) groups excluding carboxylic acids is 1. The van der Waals surface area contributed by atoms with E-state index in [4.69, 9.17) is 4.74 Å². The van der Waals surface area contributed by atoms with Gasteiger partial charge in [0.2, 0.25) is 5.91 Å². The van der Waals surface area contributed by atoms with Crippen molar-refractivity contribution < 1.29 is 9.53 Å². The van der Waals surface area contributed by atoms with E-state index in [2.05, 4.69) is 15.3 Å². The van der Waals surface area contributed by atoms with E-state index in [9.17, 15) is 4.79 Å². The fourth-order valence-electron chi connectivity index (χ4n) is 2.78. The molecule has 5 nitrogen and oxygen atoms in total. The van der Waals surface area contributed by atoms with Gasteiger partial charge >= 0.3 is 0 Å². The van der Waals surface area contributed by atoms with E-state index in [0.717, 1.165) is 16.4 Å². The Balaban J connectivity index is 1.57. The van der Waals surface area contributed by atoms with Crippen molar-refractivity contribution in [1.82, 2.24) is 15.3 Å². The Labute approximate surface area is 140 Å². The molecule has 1 aliphatic rings. The molecule has 0 radical (unpaired) electrons. The van der Waals surface area contributed by atoms with Gasteiger partial charge in [0, 0.05) is 18.7 Å². The molecule has 3 rings (SSSR count). The lowest BCUT2D eigenvalue weighted by Gasteiger charge is -2.23. The number of aromatic nitrogens is 2. The number of thiazole rings is 1. The quantitative estimate of drug-likeness (QED) is 0.847. The van der Waals surface area contributed by atoms with Crippen LogP contribution in [-0.4, -0.2) is 35.1 Å².